The van der Waals surface area contributed by atoms with Gasteiger partial charge in [-0.3, -0.25) is 10.1 Å². The van der Waals surface area contributed by atoms with Gasteiger partial charge in [-0.15, -0.1) is 0 Å². The van der Waals surface area contributed by atoms with E-state index in [0.29, 0.717) is 5.92 Å². The van der Waals surface area contributed by atoms with Gasteiger partial charge in [0.05, 0.1) is 4.92 Å². The van der Waals surface area contributed by atoms with E-state index < -0.39 is 0 Å². The summed E-state index contributed by atoms with van der Waals surface area (Å²) < 4.78 is 0. The fourth-order valence-electron chi connectivity index (χ4n) is 3.11. The van der Waals surface area contributed by atoms with Crippen molar-refractivity contribution >= 4 is 11.4 Å². The van der Waals surface area contributed by atoms with E-state index >= 15 is 0 Å². The molecule has 21 heavy (non-hydrogen) atoms. The average molecular weight is 290 g/mol. The molecule has 1 atom stereocenters. The summed E-state index contributed by atoms with van der Waals surface area (Å²) in [6.07, 6.45) is 10.3. The molecule has 4 heteroatoms. The first kappa shape index (κ1) is 15.8. The molecule has 0 fully saturated rings. The molecule has 1 aromatic rings. The van der Waals surface area contributed by atoms with Crippen LogP contribution >= 0.6 is 0 Å². The number of non-ortho nitro benzene ring substituents is 1. The first-order valence-corrected chi connectivity index (χ1v) is 8.24. The zero-order valence-corrected chi connectivity index (χ0v) is 12.9. The van der Waals surface area contributed by atoms with Crippen molar-refractivity contribution in [3.05, 3.63) is 33.9 Å². The van der Waals surface area contributed by atoms with Crippen LogP contribution in [0, 0.1) is 10.1 Å². The Bertz CT molecular complexity index is 474. The normalized spacial score (nSPS) is 16.5. The molecular formula is C17H26N2O2. The van der Waals surface area contributed by atoms with E-state index in [0.717, 1.165) is 24.2 Å². The molecule has 0 aromatic heterocycles. The Morgan fingerprint density at radius 1 is 1.19 bits per heavy atom. The highest BCUT2D eigenvalue weighted by Gasteiger charge is 2.23. The Hall–Kier alpha value is -1.58. The van der Waals surface area contributed by atoms with Gasteiger partial charge in [0, 0.05) is 30.3 Å². The minimum absolute atomic E-state index is 0.210. The fourth-order valence-corrected chi connectivity index (χ4v) is 3.11. The molecule has 1 aliphatic rings. The quantitative estimate of drug-likeness (QED) is 0.384. The third kappa shape index (κ3) is 4.45. The van der Waals surface area contributed by atoms with Gasteiger partial charge < -0.3 is 5.32 Å². The van der Waals surface area contributed by atoms with Gasteiger partial charge in [0.25, 0.3) is 5.69 Å². The van der Waals surface area contributed by atoms with Crippen LogP contribution in [-0.4, -0.2) is 11.5 Å². The lowest BCUT2D eigenvalue weighted by atomic mass is 9.94. The molecule has 0 radical (unpaired) electrons. The van der Waals surface area contributed by atoms with Gasteiger partial charge in [-0.1, -0.05) is 51.9 Å². The summed E-state index contributed by atoms with van der Waals surface area (Å²) in [5, 5.41) is 14.2. The lowest BCUT2D eigenvalue weighted by molar-refractivity contribution is -0.384. The van der Waals surface area contributed by atoms with E-state index in [-0.39, 0.29) is 10.6 Å². The van der Waals surface area contributed by atoms with E-state index in [9.17, 15) is 10.1 Å². The highest BCUT2D eigenvalue weighted by atomic mass is 16.6. The molecule has 0 bridgehead atoms. The summed E-state index contributed by atoms with van der Waals surface area (Å²) in [5.41, 5.74) is 2.42. The molecule has 1 aliphatic heterocycles. The number of hydrogen-bond donors (Lipinski definition) is 1. The van der Waals surface area contributed by atoms with E-state index in [2.05, 4.69) is 12.2 Å². The lowest BCUT2D eigenvalue weighted by Crippen LogP contribution is -2.02. The van der Waals surface area contributed by atoms with E-state index in [4.69, 9.17) is 0 Å². The first-order valence-electron chi connectivity index (χ1n) is 8.24. The van der Waals surface area contributed by atoms with Gasteiger partial charge in [-0.25, -0.2) is 0 Å². The van der Waals surface area contributed by atoms with Gasteiger partial charge in [0.2, 0.25) is 0 Å². The number of benzene rings is 1. The van der Waals surface area contributed by atoms with E-state index in [1.807, 2.05) is 6.07 Å². The number of unbranched alkanes of at least 4 members (excludes halogenated alkanes) is 6. The predicted octanol–water partition coefficient (Wildman–Crippen LogP) is 5.24. The largest absolute Gasteiger partial charge is 0.384 e. The van der Waals surface area contributed by atoms with Gasteiger partial charge in [-0.2, -0.15) is 0 Å². The number of nitrogens with zero attached hydrogens (tertiary/aromatic N) is 1. The number of fused-ring (bicyclic) bond motifs is 1. The number of rotatable bonds is 9. The van der Waals surface area contributed by atoms with Crippen LogP contribution in [-0.2, 0) is 0 Å². The van der Waals surface area contributed by atoms with Crippen molar-refractivity contribution in [3.8, 4) is 0 Å². The number of nitro benzene ring substituents is 1. The number of hydrogen-bond acceptors (Lipinski definition) is 3. The summed E-state index contributed by atoms with van der Waals surface area (Å²) in [6.45, 7) is 3.16. The minimum atomic E-state index is -0.302. The van der Waals surface area contributed by atoms with Gasteiger partial charge >= 0.3 is 0 Å². The predicted molar refractivity (Wildman–Crippen MR) is 86.9 cm³/mol. The molecule has 116 valence electrons. The standard InChI is InChI=1S/C17H26N2O2/c1-2-3-4-5-6-7-8-9-14-13-18-17-11-10-15(19(20)21)12-16(14)17/h10-12,14,18H,2-9,13H2,1H3. The topological polar surface area (TPSA) is 55.2 Å². The summed E-state index contributed by atoms with van der Waals surface area (Å²) in [6, 6.07) is 5.18. The molecule has 2 rings (SSSR count). The second kappa shape index (κ2) is 8.01. The Labute approximate surface area is 127 Å². The Balaban J connectivity index is 1.77. The van der Waals surface area contributed by atoms with Gasteiger partial charge in [0.15, 0.2) is 0 Å². The van der Waals surface area contributed by atoms with E-state index in [1.54, 1.807) is 12.1 Å². The average Bonchev–Trinajstić information content (AvgIpc) is 2.88. The van der Waals surface area contributed by atoms with Crippen LogP contribution in [0.1, 0.15) is 69.8 Å². The van der Waals surface area contributed by atoms with Crippen LogP contribution in [0.2, 0.25) is 0 Å². The second-order valence-corrected chi connectivity index (χ2v) is 6.02. The summed E-state index contributed by atoms with van der Waals surface area (Å²) in [4.78, 5) is 10.6. The molecule has 1 unspecified atom stereocenters. The first-order chi connectivity index (χ1) is 10.2. The Morgan fingerprint density at radius 2 is 1.90 bits per heavy atom. The summed E-state index contributed by atoms with van der Waals surface area (Å²) in [5.74, 6) is 0.440. The second-order valence-electron chi connectivity index (χ2n) is 6.02. The molecule has 1 heterocycles. The third-order valence-corrected chi connectivity index (χ3v) is 4.38. The molecule has 1 N–H and O–H groups in total. The van der Waals surface area contributed by atoms with Crippen molar-refractivity contribution in [2.45, 2.75) is 64.2 Å². The van der Waals surface area contributed by atoms with Crippen LogP contribution in [0.4, 0.5) is 11.4 Å². The monoisotopic (exact) mass is 290 g/mol. The molecular weight excluding hydrogens is 264 g/mol. The van der Waals surface area contributed by atoms with E-state index in [1.165, 1.54) is 44.9 Å². The summed E-state index contributed by atoms with van der Waals surface area (Å²) >= 11 is 0. The van der Waals surface area contributed by atoms with Crippen molar-refractivity contribution in [1.29, 1.82) is 0 Å². The van der Waals surface area contributed by atoms with Gasteiger partial charge in [0.1, 0.15) is 0 Å². The highest BCUT2D eigenvalue weighted by molar-refractivity contribution is 5.61. The fraction of sp³-hybridized carbons (Fsp3) is 0.647. The third-order valence-electron chi connectivity index (χ3n) is 4.38. The van der Waals surface area contributed by atoms with Crippen molar-refractivity contribution in [1.82, 2.24) is 0 Å². The number of anilines is 1. The Morgan fingerprint density at radius 3 is 2.62 bits per heavy atom. The van der Waals surface area contributed by atoms with Crippen molar-refractivity contribution in [2.24, 2.45) is 0 Å². The molecule has 0 aliphatic carbocycles. The maximum absolute atomic E-state index is 10.9. The van der Waals surface area contributed by atoms with Crippen LogP contribution in [0.3, 0.4) is 0 Å². The van der Waals surface area contributed by atoms with Crippen molar-refractivity contribution in [2.75, 3.05) is 11.9 Å². The maximum Gasteiger partial charge on any atom is 0.269 e. The van der Waals surface area contributed by atoms with Crippen LogP contribution in [0.15, 0.2) is 18.2 Å². The molecule has 0 saturated heterocycles. The highest BCUT2D eigenvalue weighted by Crippen LogP contribution is 2.37. The van der Waals surface area contributed by atoms with Crippen LogP contribution in [0.25, 0.3) is 0 Å². The van der Waals surface area contributed by atoms with Crippen LogP contribution in [0.5, 0.6) is 0 Å². The van der Waals surface area contributed by atoms with Gasteiger partial charge in [-0.05, 0) is 18.1 Å². The van der Waals surface area contributed by atoms with Crippen molar-refractivity contribution < 1.29 is 4.92 Å². The molecule has 4 nitrogen and oxygen atoms in total. The zero-order valence-electron chi connectivity index (χ0n) is 12.9. The van der Waals surface area contributed by atoms with Crippen molar-refractivity contribution in [3.63, 3.8) is 0 Å². The lowest BCUT2D eigenvalue weighted by Gasteiger charge is -2.09. The smallest absolute Gasteiger partial charge is 0.269 e. The van der Waals surface area contributed by atoms with Crippen LogP contribution < -0.4 is 5.32 Å². The summed E-state index contributed by atoms with van der Waals surface area (Å²) in [7, 11) is 0. The Kier molecular flexibility index (Phi) is 6.03. The molecule has 0 saturated carbocycles. The minimum Gasteiger partial charge on any atom is -0.384 e. The molecule has 1 aromatic carbocycles. The zero-order chi connectivity index (χ0) is 15.1. The molecule has 0 amide bonds. The maximum atomic E-state index is 10.9. The number of nitrogens with one attached hydrogen (secondary N) is 1. The number of nitro groups is 1. The SMILES string of the molecule is CCCCCCCCCC1CNc2ccc([N+](=O)[O-])cc21. The molecule has 0 spiro atoms.